The van der Waals surface area contributed by atoms with Crippen LogP contribution in [0.3, 0.4) is 0 Å². The molecule has 4 nitrogen and oxygen atoms in total. The largest absolute Gasteiger partial charge is 0.347 e. The fourth-order valence-corrected chi connectivity index (χ4v) is 3.83. The lowest BCUT2D eigenvalue weighted by molar-refractivity contribution is -0.384. The number of para-hydroxylation sites is 2. The van der Waals surface area contributed by atoms with E-state index in [2.05, 4.69) is 4.90 Å². The zero-order valence-electron chi connectivity index (χ0n) is 9.37. The first-order valence-electron chi connectivity index (χ1n) is 5.43. The molecule has 1 aromatic rings. The molecule has 2 rings (SSSR count). The average molecular weight is 270 g/mol. The van der Waals surface area contributed by atoms with Gasteiger partial charge in [0.1, 0.15) is 5.69 Å². The molecule has 0 N–H and O–H groups in total. The third-order valence-corrected chi connectivity index (χ3v) is 4.63. The molecule has 1 aromatic carbocycles. The molecule has 0 bridgehead atoms. The van der Waals surface area contributed by atoms with E-state index in [-0.39, 0.29) is 10.6 Å². The maximum Gasteiger partial charge on any atom is 0.292 e. The third kappa shape index (κ3) is 3.29. The van der Waals surface area contributed by atoms with Crippen molar-refractivity contribution in [2.24, 2.45) is 0 Å². The summed E-state index contributed by atoms with van der Waals surface area (Å²) in [6.45, 7) is 0. The van der Waals surface area contributed by atoms with Gasteiger partial charge in [-0.2, -0.15) is 0 Å². The van der Waals surface area contributed by atoms with E-state index in [0.29, 0.717) is 0 Å². The Morgan fingerprint density at radius 1 is 1.18 bits per heavy atom. The zero-order chi connectivity index (χ0) is 12.1. The second kappa shape index (κ2) is 6.16. The molecule has 1 heterocycles. The van der Waals surface area contributed by atoms with Crippen LogP contribution >= 0.6 is 23.5 Å². The van der Waals surface area contributed by atoms with Gasteiger partial charge in [0.2, 0.25) is 0 Å². The van der Waals surface area contributed by atoms with E-state index in [0.717, 1.165) is 28.9 Å². The lowest BCUT2D eigenvalue weighted by Crippen LogP contribution is -2.24. The molecule has 0 saturated carbocycles. The van der Waals surface area contributed by atoms with E-state index in [1.54, 1.807) is 12.1 Å². The molecule has 0 spiro atoms. The van der Waals surface area contributed by atoms with Crippen molar-refractivity contribution in [1.29, 1.82) is 0 Å². The number of hydrogen-bond acceptors (Lipinski definition) is 5. The number of benzene rings is 1. The molecule has 0 radical (unpaired) electrons. The molecular weight excluding hydrogens is 256 g/mol. The molecule has 1 fully saturated rings. The summed E-state index contributed by atoms with van der Waals surface area (Å²) in [6.07, 6.45) is 1.22. The van der Waals surface area contributed by atoms with Gasteiger partial charge in [-0.1, -0.05) is 12.1 Å². The highest BCUT2D eigenvalue weighted by molar-refractivity contribution is 8.00. The van der Waals surface area contributed by atoms with Gasteiger partial charge in [-0.25, -0.2) is 0 Å². The molecule has 0 aromatic heterocycles. The maximum atomic E-state index is 11.0. The summed E-state index contributed by atoms with van der Waals surface area (Å²) in [7, 11) is 0. The highest BCUT2D eigenvalue weighted by Gasteiger charge is 2.19. The molecule has 17 heavy (non-hydrogen) atoms. The van der Waals surface area contributed by atoms with Crippen LogP contribution in [0, 0.1) is 10.1 Å². The summed E-state index contributed by atoms with van der Waals surface area (Å²) in [5, 5.41) is 11.0. The van der Waals surface area contributed by atoms with Crippen molar-refractivity contribution in [2.45, 2.75) is 6.42 Å². The smallest absolute Gasteiger partial charge is 0.292 e. The van der Waals surface area contributed by atoms with Gasteiger partial charge in [0.15, 0.2) is 0 Å². The lowest BCUT2D eigenvalue weighted by Gasteiger charge is -2.25. The van der Waals surface area contributed by atoms with Gasteiger partial charge in [-0.3, -0.25) is 10.1 Å². The summed E-state index contributed by atoms with van der Waals surface area (Å²) in [6, 6.07) is 6.98. The lowest BCUT2D eigenvalue weighted by atomic mass is 10.2. The number of nitrogens with zero attached hydrogens (tertiary/aromatic N) is 2. The number of nitro benzene ring substituents is 1. The number of hydrogen-bond donors (Lipinski definition) is 0. The van der Waals surface area contributed by atoms with Crippen LogP contribution in [0.1, 0.15) is 6.42 Å². The second-order valence-corrected chi connectivity index (χ2v) is 5.86. The van der Waals surface area contributed by atoms with Crippen LogP contribution in [0.5, 0.6) is 0 Å². The first kappa shape index (κ1) is 12.6. The zero-order valence-corrected chi connectivity index (χ0v) is 11.0. The Balaban J connectivity index is 2.21. The molecular formula is C11H14N2O2S2. The van der Waals surface area contributed by atoms with E-state index in [4.69, 9.17) is 0 Å². The normalized spacial score (nSPS) is 17.3. The fourth-order valence-electron chi connectivity index (χ4n) is 1.67. The van der Waals surface area contributed by atoms with Gasteiger partial charge < -0.3 is 4.90 Å². The first-order valence-corrected chi connectivity index (χ1v) is 7.74. The van der Waals surface area contributed by atoms with Crippen molar-refractivity contribution in [1.82, 2.24) is 0 Å². The van der Waals surface area contributed by atoms with E-state index < -0.39 is 0 Å². The summed E-state index contributed by atoms with van der Waals surface area (Å²) in [5.41, 5.74) is 0.939. The molecule has 0 atom stereocenters. The van der Waals surface area contributed by atoms with Gasteiger partial charge in [0, 0.05) is 6.07 Å². The molecule has 0 aliphatic carbocycles. The van der Waals surface area contributed by atoms with Gasteiger partial charge in [0.25, 0.3) is 5.69 Å². The Hall–Kier alpha value is -0.880. The second-order valence-electron chi connectivity index (χ2n) is 3.71. The Morgan fingerprint density at radius 2 is 1.82 bits per heavy atom. The van der Waals surface area contributed by atoms with Crippen molar-refractivity contribution in [2.75, 3.05) is 28.2 Å². The Kier molecular flexibility index (Phi) is 4.56. The van der Waals surface area contributed by atoms with Crippen LogP contribution in [0.15, 0.2) is 24.3 Å². The van der Waals surface area contributed by atoms with Crippen molar-refractivity contribution in [3.8, 4) is 0 Å². The number of anilines is 1. The first-order chi connectivity index (χ1) is 8.29. The van der Waals surface area contributed by atoms with E-state index >= 15 is 0 Å². The number of rotatable bonds is 2. The van der Waals surface area contributed by atoms with Crippen LogP contribution in [-0.4, -0.2) is 28.2 Å². The number of thioether (sulfide) groups is 2. The molecule has 0 amide bonds. The Morgan fingerprint density at radius 3 is 2.47 bits per heavy atom. The minimum Gasteiger partial charge on any atom is -0.347 e. The molecule has 6 heteroatoms. The van der Waals surface area contributed by atoms with Crippen LogP contribution in [0.4, 0.5) is 11.4 Å². The van der Waals surface area contributed by atoms with Gasteiger partial charge >= 0.3 is 0 Å². The number of nitro groups is 1. The quantitative estimate of drug-likeness (QED) is 0.610. The standard InChI is InChI=1S/C11H14N2O2S2/c14-13(15)11-5-2-1-4-10(11)12-8-16-6-3-7-17-9-12/h1-2,4-5H,3,6-9H2. The van der Waals surface area contributed by atoms with E-state index in [1.165, 1.54) is 6.42 Å². The fraction of sp³-hybridized carbons (Fsp3) is 0.455. The maximum absolute atomic E-state index is 11.0. The van der Waals surface area contributed by atoms with Crippen molar-refractivity contribution in [3.63, 3.8) is 0 Å². The minimum absolute atomic E-state index is 0.203. The van der Waals surface area contributed by atoms with E-state index in [1.807, 2.05) is 35.7 Å². The van der Waals surface area contributed by atoms with Crippen LogP contribution in [0.25, 0.3) is 0 Å². The third-order valence-electron chi connectivity index (χ3n) is 2.49. The molecule has 0 unspecified atom stereocenters. The minimum atomic E-state index is -0.302. The monoisotopic (exact) mass is 270 g/mol. The Bertz CT molecular complexity index is 393. The summed E-state index contributed by atoms with van der Waals surface area (Å²) < 4.78 is 0. The van der Waals surface area contributed by atoms with Crippen LogP contribution < -0.4 is 4.90 Å². The van der Waals surface area contributed by atoms with Gasteiger partial charge in [-0.05, 0) is 24.0 Å². The van der Waals surface area contributed by atoms with Crippen molar-refractivity contribution < 1.29 is 4.92 Å². The van der Waals surface area contributed by atoms with Crippen LogP contribution in [0.2, 0.25) is 0 Å². The van der Waals surface area contributed by atoms with Gasteiger partial charge in [-0.15, -0.1) is 23.5 Å². The summed E-state index contributed by atoms with van der Waals surface area (Å²) in [4.78, 5) is 12.8. The highest BCUT2D eigenvalue weighted by atomic mass is 32.2. The molecule has 1 aliphatic heterocycles. The van der Waals surface area contributed by atoms with Crippen molar-refractivity contribution in [3.05, 3.63) is 34.4 Å². The Labute approximate surface area is 109 Å². The SMILES string of the molecule is O=[N+]([O-])c1ccccc1N1CSCCCSC1. The predicted molar refractivity (Wildman–Crippen MR) is 74.8 cm³/mol. The van der Waals surface area contributed by atoms with E-state index in [9.17, 15) is 10.1 Å². The average Bonchev–Trinajstić information content (AvgIpc) is 2.28. The highest BCUT2D eigenvalue weighted by Crippen LogP contribution is 2.31. The summed E-state index contributed by atoms with van der Waals surface area (Å²) >= 11 is 3.68. The molecule has 92 valence electrons. The molecule has 1 saturated heterocycles. The van der Waals surface area contributed by atoms with Crippen molar-refractivity contribution >= 4 is 34.9 Å². The molecule has 1 aliphatic rings. The topological polar surface area (TPSA) is 46.4 Å². The van der Waals surface area contributed by atoms with Gasteiger partial charge in [0.05, 0.1) is 16.7 Å². The summed E-state index contributed by atoms with van der Waals surface area (Å²) in [5.74, 6) is 3.92. The predicted octanol–water partition coefficient (Wildman–Crippen LogP) is 3.19. The van der Waals surface area contributed by atoms with Crippen LogP contribution in [-0.2, 0) is 0 Å².